The van der Waals surface area contributed by atoms with Gasteiger partial charge in [-0.25, -0.2) is 0 Å². The van der Waals surface area contributed by atoms with Crippen LogP contribution in [0.1, 0.15) is 11.1 Å². The predicted octanol–water partition coefficient (Wildman–Crippen LogP) is 3.84. The van der Waals surface area contributed by atoms with Crippen LogP contribution in [-0.4, -0.2) is 28.1 Å². The van der Waals surface area contributed by atoms with Gasteiger partial charge in [0.2, 0.25) is 0 Å². The number of carbonyl (C=O) groups excluding carboxylic acids is 2. The van der Waals surface area contributed by atoms with E-state index in [2.05, 4.69) is 0 Å². The number of amides is 2. The van der Waals surface area contributed by atoms with Gasteiger partial charge in [-0.2, -0.15) is 0 Å². The number of nitrogens with zero attached hydrogens (tertiary/aromatic N) is 2. The minimum absolute atomic E-state index is 0.0395. The summed E-state index contributed by atoms with van der Waals surface area (Å²) in [5, 5.41) is 10.3. The summed E-state index contributed by atoms with van der Waals surface area (Å²) in [5.74, 6) is 0.322. The topological polar surface area (TPSA) is 89.8 Å². The Bertz CT molecular complexity index is 891. The number of rotatable bonds is 5. The molecule has 2 aromatic rings. The molecule has 0 spiro atoms. The summed E-state index contributed by atoms with van der Waals surface area (Å²) < 4.78 is 5.09. The molecule has 1 saturated heterocycles. The van der Waals surface area contributed by atoms with Gasteiger partial charge < -0.3 is 4.74 Å². The van der Waals surface area contributed by atoms with Crippen LogP contribution in [-0.2, 0) is 11.3 Å². The van der Waals surface area contributed by atoms with Crippen molar-refractivity contribution in [3.63, 3.8) is 0 Å². The highest BCUT2D eigenvalue weighted by atomic mass is 32.2. The van der Waals surface area contributed by atoms with Gasteiger partial charge in [-0.15, -0.1) is 0 Å². The normalized spacial score (nSPS) is 15.6. The van der Waals surface area contributed by atoms with Crippen molar-refractivity contribution in [3.05, 3.63) is 74.7 Å². The summed E-state index contributed by atoms with van der Waals surface area (Å²) in [7, 11) is 1.57. The quantitative estimate of drug-likeness (QED) is 0.451. The monoisotopic (exact) mass is 370 g/mol. The summed E-state index contributed by atoms with van der Waals surface area (Å²) >= 11 is 0.873. The maximum Gasteiger partial charge on any atom is 0.293 e. The first-order chi connectivity index (χ1) is 12.5. The Balaban J connectivity index is 1.75. The van der Waals surface area contributed by atoms with Crippen LogP contribution in [0.25, 0.3) is 6.08 Å². The van der Waals surface area contributed by atoms with Crippen molar-refractivity contribution in [3.8, 4) is 5.75 Å². The van der Waals surface area contributed by atoms with Crippen molar-refractivity contribution < 1.29 is 19.2 Å². The Morgan fingerprint density at radius 2 is 1.77 bits per heavy atom. The van der Waals surface area contributed by atoms with Crippen LogP contribution in [0.15, 0.2) is 53.4 Å². The molecule has 0 bridgehead atoms. The van der Waals surface area contributed by atoms with Gasteiger partial charge in [0.15, 0.2) is 0 Å². The number of non-ortho nitro benzene ring substituents is 1. The SMILES string of the molecule is COc1ccc(/C=C2/SC(=O)N(Cc3ccc([N+](=O)[O-])cc3)C2=O)cc1. The van der Waals surface area contributed by atoms with E-state index in [1.165, 1.54) is 24.3 Å². The minimum Gasteiger partial charge on any atom is -0.497 e. The zero-order valence-corrected chi connectivity index (χ0v) is 14.6. The van der Waals surface area contributed by atoms with Crippen LogP contribution in [0.4, 0.5) is 10.5 Å². The second kappa shape index (κ2) is 7.40. The van der Waals surface area contributed by atoms with Crippen molar-refractivity contribution in [1.82, 2.24) is 4.90 Å². The molecule has 1 aliphatic heterocycles. The number of carbonyl (C=O) groups is 2. The molecule has 0 radical (unpaired) electrons. The van der Waals surface area contributed by atoms with Gasteiger partial charge in [-0.1, -0.05) is 24.3 Å². The fraction of sp³-hybridized carbons (Fsp3) is 0.111. The number of imide groups is 1. The fourth-order valence-corrected chi connectivity index (χ4v) is 3.23. The van der Waals surface area contributed by atoms with Crippen LogP contribution < -0.4 is 4.74 Å². The predicted molar refractivity (Wildman–Crippen MR) is 97.6 cm³/mol. The highest BCUT2D eigenvalue weighted by molar-refractivity contribution is 8.18. The summed E-state index contributed by atoms with van der Waals surface area (Å²) in [6.45, 7) is 0.0720. The van der Waals surface area contributed by atoms with Crippen molar-refractivity contribution in [2.24, 2.45) is 0 Å². The summed E-state index contributed by atoms with van der Waals surface area (Å²) in [4.78, 5) is 36.3. The maximum absolute atomic E-state index is 12.5. The third-order valence-corrected chi connectivity index (χ3v) is 4.68. The number of methoxy groups -OCH3 is 1. The summed E-state index contributed by atoms with van der Waals surface area (Å²) in [6.07, 6.45) is 1.65. The van der Waals surface area contributed by atoms with Gasteiger partial charge in [0.25, 0.3) is 16.8 Å². The third kappa shape index (κ3) is 3.75. The van der Waals surface area contributed by atoms with E-state index in [-0.39, 0.29) is 23.4 Å². The minimum atomic E-state index is -0.499. The van der Waals surface area contributed by atoms with Gasteiger partial charge in [-0.3, -0.25) is 24.6 Å². The molecular weight excluding hydrogens is 356 g/mol. The maximum atomic E-state index is 12.5. The van der Waals surface area contributed by atoms with Gasteiger partial charge >= 0.3 is 0 Å². The molecule has 26 heavy (non-hydrogen) atoms. The number of ether oxygens (including phenoxy) is 1. The highest BCUT2D eigenvalue weighted by Gasteiger charge is 2.35. The molecule has 0 atom stereocenters. The Kier molecular flexibility index (Phi) is 5.04. The van der Waals surface area contributed by atoms with Crippen LogP contribution in [0.3, 0.4) is 0 Å². The zero-order chi connectivity index (χ0) is 18.7. The standard InChI is InChI=1S/C18H14N2O5S/c1-25-15-8-4-12(5-9-15)10-16-17(21)19(18(22)26-16)11-13-2-6-14(7-3-13)20(23)24/h2-10H,11H2,1H3/b16-10+. The van der Waals surface area contributed by atoms with E-state index in [1.54, 1.807) is 37.5 Å². The lowest BCUT2D eigenvalue weighted by Crippen LogP contribution is -2.27. The average molecular weight is 370 g/mol. The van der Waals surface area contributed by atoms with Crippen LogP contribution in [0.2, 0.25) is 0 Å². The first-order valence-corrected chi connectivity index (χ1v) is 8.42. The van der Waals surface area contributed by atoms with Crippen molar-refractivity contribution in [2.45, 2.75) is 6.54 Å². The van der Waals surface area contributed by atoms with Gasteiger partial charge in [0.1, 0.15) is 5.75 Å². The molecule has 0 N–H and O–H groups in total. The molecule has 132 valence electrons. The lowest BCUT2D eigenvalue weighted by atomic mass is 10.2. The van der Waals surface area contributed by atoms with E-state index in [0.29, 0.717) is 16.2 Å². The average Bonchev–Trinajstić information content (AvgIpc) is 2.90. The van der Waals surface area contributed by atoms with E-state index in [9.17, 15) is 19.7 Å². The van der Waals surface area contributed by atoms with Crippen molar-refractivity contribution in [2.75, 3.05) is 7.11 Å². The van der Waals surface area contributed by atoms with Crippen molar-refractivity contribution in [1.29, 1.82) is 0 Å². The number of hydrogen-bond donors (Lipinski definition) is 0. The molecule has 7 nitrogen and oxygen atoms in total. The molecule has 8 heteroatoms. The lowest BCUT2D eigenvalue weighted by Gasteiger charge is -2.12. The number of benzene rings is 2. The molecule has 0 aromatic heterocycles. The zero-order valence-electron chi connectivity index (χ0n) is 13.7. The molecule has 2 amide bonds. The van der Waals surface area contributed by atoms with Crippen molar-refractivity contribution >= 4 is 34.7 Å². The molecular formula is C18H14N2O5S. The van der Waals surface area contributed by atoms with E-state index in [0.717, 1.165) is 22.2 Å². The van der Waals surface area contributed by atoms with Gasteiger partial charge in [0, 0.05) is 12.1 Å². The third-order valence-electron chi connectivity index (χ3n) is 3.78. The Morgan fingerprint density at radius 1 is 1.12 bits per heavy atom. The molecule has 0 aliphatic carbocycles. The van der Waals surface area contributed by atoms with Crippen LogP contribution in [0, 0.1) is 10.1 Å². The number of nitro benzene ring substituents is 1. The molecule has 1 fully saturated rings. The number of nitro groups is 1. The van der Waals surface area contributed by atoms with Crippen LogP contribution >= 0.6 is 11.8 Å². The first-order valence-electron chi connectivity index (χ1n) is 7.60. The fourth-order valence-electron chi connectivity index (χ4n) is 2.39. The second-order valence-corrected chi connectivity index (χ2v) is 6.46. The highest BCUT2D eigenvalue weighted by Crippen LogP contribution is 2.33. The summed E-state index contributed by atoms with van der Waals surface area (Å²) in [5.41, 5.74) is 1.39. The van der Waals surface area contributed by atoms with E-state index in [1.807, 2.05) is 0 Å². The smallest absolute Gasteiger partial charge is 0.293 e. The molecule has 1 heterocycles. The molecule has 1 aliphatic rings. The lowest BCUT2D eigenvalue weighted by molar-refractivity contribution is -0.384. The molecule has 0 saturated carbocycles. The molecule has 0 unspecified atom stereocenters. The Hall–Kier alpha value is -3.13. The van der Waals surface area contributed by atoms with Gasteiger partial charge in [0.05, 0.1) is 23.5 Å². The number of thioether (sulfide) groups is 1. The summed E-state index contributed by atoms with van der Waals surface area (Å²) in [6, 6.07) is 12.9. The second-order valence-electron chi connectivity index (χ2n) is 5.46. The van der Waals surface area contributed by atoms with Crippen LogP contribution in [0.5, 0.6) is 5.75 Å². The number of hydrogen-bond acceptors (Lipinski definition) is 6. The van der Waals surface area contributed by atoms with E-state index < -0.39 is 4.92 Å². The van der Waals surface area contributed by atoms with E-state index in [4.69, 9.17) is 4.74 Å². The van der Waals surface area contributed by atoms with E-state index >= 15 is 0 Å². The Labute approximate surface area is 153 Å². The van der Waals surface area contributed by atoms with Gasteiger partial charge in [-0.05, 0) is 41.1 Å². The largest absolute Gasteiger partial charge is 0.497 e. The first kappa shape index (κ1) is 17.7. The molecule has 3 rings (SSSR count). The Morgan fingerprint density at radius 3 is 2.35 bits per heavy atom. The molecule has 2 aromatic carbocycles.